The second kappa shape index (κ2) is 7.06. The third kappa shape index (κ3) is 4.22. The van der Waals surface area contributed by atoms with E-state index in [1.807, 2.05) is 13.8 Å². The number of carbonyl (C=O) groups is 1. The van der Waals surface area contributed by atoms with Gasteiger partial charge in [-0.15, -0.1) is 0 Å². The number of carbonyl (C=O) groups excluding carboxylic acids is 1. The Hall–Kier alpha value is -0.660. The van der Waals surface area contributed by atoms with Crippen LogP contribution >= 0.6 is 0 Å². The normalized spacial score (nSPS) is 14.3. The third-order valence-corrected chi connectivity index (χ3v) is 5.15. The highest BCUT2D eigenvalue weighted by atomic mass is 32.2. The third-order valence-electron chi connectivity index (χ3n) is 3.48. The van der Waals surface area contributed by atoms with E-state index < -0.39 is 26.7 Å². The summed E-state index contributed by atoms with van der Waals surface area (Å²) in [6.45, 7) is 5.05. The summed E-state index contributed by atoms with van der Waals surface area (Å²) in [5, 5.41) is 8.08. The fourth-order valence-corrected chi connectivity index (χ4v) is 2.56. The largest absolute Gasteiger partial charge is 0.468 e. The van der Waals surface area contributed by atoms with Gasteiger partial charge in [0.2, 0.25) is 10.0 Å². The molecular weight excluding hydrogens is 258 g/mol. The summed E-state index contributed by atoms with van der Waals surface area (Å²) in [4.78, 5) is 11.2. The van der Waals surface area contributed by atoms with Crippen LogP contribution in [0, 0.1) is 5.41 Å². The minimum Gasteiger partial charge on any atom is -0.468 e. The van der Waals surface area contributed by atoms with Crippen LogP contribution < -0.4 is 4.72 Å². The molecule has 0 saturated carbocycles. The number of hydrogen-bond acceptors (Lipinski definition) is 5. The van der Waals surface area contributed by atoms with Crippen molar-refractivity contribution in [2.75, 3.05) is 20.3 Å². The van der Waals surface area contributed by atoms with Gasteiger partial charge in [-0.25, -0.2) is 13.1 Å². The van der Waals surface area contributed by atoms with E-state index >= 15 is 0 Å². The molecule has 0 aliphatic rings. The maximum atomic E-state index is 11.8. The van der Waals surface area contributed by atoms with E-state index in [1.54, 1.807) is 0 Å². The molecule has 7 heteroatoms. The number of sulfonamides is 1. The Morgan fingerprint density at radius 2 is 1.89 bits per heavy atom. The van der Waals surface area contributed by atoms with Crippen LogP contribution in [-0.2, 0) is 19.6 Å². The van der Waals surface area contributed by atoms with Crippen LogP contribution in [0.4, 0.5) is 0 Å². The van der Waals surface area contributed by atoms with Crippen molar-refractivity contribution in [2.24, 2.45) is 5.41 Å². The Labute approximate surface area is 109 Å². The SMILES string of the molecule is CCC(CC)(CO)CNS(=O)(=O)C(C)C(=O)OC. The molecule has 0 bridgehead atoms. The first-order valence-electron chi connectivity index (χ1n) is 5.95. The summed E-state index contributed by atoms with van der Waals surface area (Å²) in [7, 11) is -2.63. The Bertz CT molecular complexity index is 353. The first kappa shape index (κ1) is 17.3. The zero-order valence-electron chi connectivity index (χ0n) is 11.4. The molecule has 0 spiro atoms. The lowest BCUT2D eigenvalue weighted by atomic mass is 9.84. The molecular formula is C11H23NO5S. The van der Waals surface area contributed by atoms with Crippen LogP contribution in [0.5, 0.6) is 0 Å². The molecule has 0 aromatic rings. The lowest BCUT2D eigenvalue weighted by molar-refractivity contribution is -0.139. The Kier molecular flexibility index (Phi) is 6.80. The highest BCUT2D eigenvalue weighted by Gasteiger charge is 2.32. The fourth-order valence-electron chi connectivity index (χ4n) is 1.45. The van der Waals surface area contributed by atoms with Gasteiger partial charge in [0.25, 0.3) is 0 Å². The monoisotopic (exact) mass is 281 g/mol. The standard InChI is InChI=1S/C11H23NO5S/c1-5-11(6-2,8-13)7-12-18(15,16)9(3)10(14)17-4/h9,12-13H,5-8H2,1-4H3. The van der Waals surface area contributed by atoms with Gasteiger partial charge in [0.1, 0.15) is 0 Å². The van der Waals surface area contributed by atoms with Crippen molar-refractivity contribution in [1.29, 1.82) is 0 Å². The molecule has 0 aromatic carbocycles. The molecule has 0 aliphatic carbocycles. The van der Waals surface area contributed by atoms with Crippen molar-refractivity contribution in [1.82, 2.24) is 4.72 Å². The molecule has 18 heavy (non-hydrogen) atoms. The molecule has 108 valence electrons. The summed E-state index contributed by atoms with van der Waals surface area (Å²) in [6, 6.07) is 0. The van der Waals surface area contributed by atoms with Gasteiger partial charge in [0.15, 0.2) is 5.25 Å². The second-order valence-corrected chi connectivity index (χ2v) is 6.48. The average Bonchev–Trinajstić information content (AvgIpc) is 2.39. The first-order valence-corrected chi connectivity index (χ1v) is 7.50. The number of rotatable bonds is 8. The number of esters is 1. The van der Waals surface area contributed by atoms with Gasteiger partial charge in [-0.3, -0.25) is 4.79 Å². The summed E-state index contributed by atoms with van der Waals surface area (Å²) in [6.07, 6.45) is 1.30. The van der Waals surface area contributed by atoms with E-state index in [2.05, 4.69) is 9.46 Å². The van der Waals surface area contributed by atoms with Crippen molar-refractivity contribution >= 4 is 16.0 Å². The van der Waals surface area contributed by atoms with Crippen LogP contribution in [0.1, 0.15) is 33.6 Å². The van der Waals surface area contributed by atoms with Gasteiger partial charge in [-0.1, -0.05) is 13.8 Å². The minimum atomic E-state index is -3.77. The van der Waals surface area contributed by atoms with Crippen molar-refractivity contribution in [2.45, 2.75) is 38.9 Å². The smallest absolute Gasteiger partial charge is 0.325 e. The van der Waals surface area contributed by atoms with Gasteiger partial charge in [-0.2, -0.15) is 0 Å². The maximum Gasteiger partial charge on any atom is 0.325 e. The number of nitrogens with one attached hydrogen (secondary N) is 1. The number of methoxy groups -OCH3 is 1. The van der Waals surface area contributed by atoms with Gasteiger partial charge < -0.3 is 9.84 Å². The van der Waals surface area contributed by atoms with Gasteiger partial charge in [0.05, 0.1) is 7.11 Å². The van der Waals surface area contributed by atoms with Crippen LogP contribution in [0.3, 0.4) is 0 Å². The Morgan fingerprint density at radius 1 is 1.39 bits per heavy atom. The molecule has 6 nitrogen and oxygen atoms in total. The average molecular weight is 281 g/mol. The molecule has 0 aliphatic heterocycles. The molecule has 1 unspecified atom stereocenters. The van der Waals surface area contributed by atoms with E-state index in [0.717, 1.165) is 7.11 Å². The highest BCUT2D eigenvalue weighted by molar-refractivity contribution is 7.90. The van der Waals surface area contributed by atoms with E-state index in [0.29, 0.717) is 12.8 Å². The Balaban J connectivity index is 4.75. The van der Waals surface area contributed by atoms with Crippen LogP contribution in [0.2, 0.25) is 0 Å². The van der Waals surface area contributed by atoms with Crippen LogP contribution in [0.25, 0.3) is 0 Å². The fraction of sp³-hybridized carbons (Fsp3) is 0.909. The van der Waals surface area contributed by atoms with E-state index in [4.69, 9.17) is 0 Å². The zero-order valence-corrected chi connectivity index (χ0v) is 12.2. The highest BCUT2D eigenvalue weighted by Crippen LogP contribution is 2.24. The molecule has 0 amide bonds. The summed E-state index contributed by atoms with van der Waals surface area (Å²) in [5.74, 6) is -0.801. The first-order chi connectivity index (χ1) is 8.28. The van der Waals surface area contributed by atoms with Gasteiger partial charge >= 0.3 is 5.97 Å². The molecule has 0 aromatic heterocycles. The maximum absolute atomic E-state index is 11.8. The second-order valence-electron chi connectivity index (χ2n) is 4.40. The number of aliphatic hydroxyl groups is 1. The molecule has 1 atom stereocenters. The predicted molar refractivity (Wildman–Crippen MR) is 68.5 cm³/mol. The van der Waals surface area contributed by atoms with E-state index in [1.165, 1.54) is 6.92 Å². The van der Waals surface area contributed by atoms with Crippen molar-refractivity contribution in [3.63, 3.8) is 0 Å². The van der Waals surface area contributed by atoms with Crippen LogP contribution in [-0.4, -0.2) is 45.0 Å². The lowest BCUT2D eigenvalue weighted by Gasteiger charge is -2.29. The molecule has 0 fully saturated rings. The van der Waals surface area contributed by atoms with E-state index in [9.17, 15) is 18.3 Å². The molecule has 0 rings (SSSR count). The van der Waals surface area contributed by atoms with Crippen molar-refractivity contribution in [3.8, 4) is 0 Å². The van der Waals surface area contributed by atoms with Crippen LogP contribution in [0.15, 0.2) is 0 Å². The molecule has 0 radical (unpaired) electrons. The number of aliphatic hydroxyl groups excluding tert-OH is 1. The Morgan fingerprint density at radius 3 is 2.22 bits per heavy atom. The minimum absolute atomic E-state index is 0.102. The zero-order chi connectivity index (χ0) is 14.4. The molecule has 2 N–H and O–H groups in total. The van der Waals surface area contributed by atoms with Gasteiger partial charge in [0, 0.05) is 18.6 Å². The molecule has 0 saturated heterocycles. The number of ether oxygens (including phenoxy) is 1. The quantitative estimate of drug-likeness (QED) is 0.623. The van der Waals surface area contributed by atoms with E-state index in [-0.39, 0.29) is 13.2 Å². The topological polar surface area (TPSA) is 92.7 Å². The molecule has 0 heterocycles. The summed E-state index contributed by atoms with van der Waals surface area (Å²) < 4.78 is 30.4. The summed E-state index contributed by atoms with van der Waals surface area (Å²) in [5.41, 5.74) is -0.483. The van der Waals surface area contributed by atoms with Crippen molar-refractivity contribution < 1.29 is 23.1 Å². The van der Waals surface area contributed by atoms with Gasteiger partial charge in [-0.05, 0) is 19.8 Å². The number of hydrogen-bond donors (Lipinski definition) is 2. The summed E-state index contributed by atoms with van der Waals surface area (Å²) >= 11 is 0. The van der Waals surface area contributed by atoms with Crippen molar-refractivity contribution in [3.05, 3.63) is 0 Å². The predicted octanol–water partition coefficient (Wildman–Crippen LogP) is 0.266. The lowest BCUT2D eigenvalue weighted by Crippen LogP contribution is -2.44.